The van der Waals surface area contributed by atoms with Gasteiger partial charge >= 0.3 is 0 Å². The summed E-state index contributed by atoms with van der Waals surface area (Å²) in [6.07, 6.45) is 1.66. The van der Waals surface area contributed by atoms with Crippen LogP contribution in [-0.4, -0.2) is 33.6 Å². The molecule has 186 valence electrons. The van der Waals surface area contributed by atoms with Crippen LogP contribution >= 0.6 is 11.3 Å². The summed E-state index contributed by atoms with van der Waals surface area (Å²) in [5.74, 6) is -0.720. The number of nitrogens with zero attached hydrogens (tertiary/aromatic N) is 3. The molecule has 3 aromatic carbocycles. The van der Waals surface area contributed by atoms with Gasteiger partial charge in [-0.25, -0.2) is 9.88 Å². The Balaban J connectivity index is 1.27. The van der Waals surface area contributed by atoms with Gasteiger partial charge in [0.15, 0.2) is 0 Å². The number of hydrogen-bond donors (Lipinski definition) is 0. The minimum Gasteiger partial charge on any atom is -0.323 e. The lowest BCUT2D eigenvalue weighted by Crippen LogP contribution is -2.47. The molecular formula is C30H27N3O3S. The Bertz CT molecular complexity index is 1510. The molecule has 0 spiro atoms. The molecule has 6 rings (SSSR count). The highest BCUT2D eigenvalue weighted by Crippen LogP contribution is 2.38. The molecule has 1 aliphatic carbocycles. The fourth-order valence-corrected chi connectivity index (χ4v) is 6.13. The molecule has 0 bridgehead atoms. The third-order valence-corrected chi connectivity index (χ3v) is 8.32. The first kappa shape index (κ1) is 23.6. The second-order valence-corrected chi connectivity index (χ2v) is 11.0. The van der Waals surface area contributed by atoms with E-state index >= 15 is 0 Å². The number of thiazole rings is 1. The number of aryl methyl sites for hydroxylation is 1. The molecule has 1 aromatic heterocycles. The highest BCUT2D eigenvalue weighted by atomic mass is 32.1. The minimum atomic E-state index is -0.803. The molecule has 0 radical (unpaired) electrons. The maximum absolute atomic E-state index is 13.6. The standard InChI is InChI=1S/C30H27N3O3S/c1-18-8-15-24-26(16-18)37-28(31-24)21-11-13-23(14-12-21)33-27(34)17-25(30(33)36)32(29(35)22-9-10-22)19(2)20-6-4-3-5-7-20/h3-8,11-16,19,22,25H,9-10,17H2,1-2H3. The summed E-state index contributed by atoms with van der Waals surface area (Å²) in [6.45, 7) is 4.00. The van der Waals surface area contributed by atoms with Crippen molar-refractivity contribution in [1.29, 1.82) is 0 Å². The first-order chi connectivity index (χ1) is 17.9. The van der Waals surface area contributed by atoms with E-state index in [1.54, 1.807) is 28.4 Å². The molecule has 37 heavy (non-hydrogen) atoms. The highest BCUT2D eigenvalue weighted by molar-refractivity contribution is 7.21. The average molecular weight is 510 g/mol. The van der Waals surface area contributed by atoms with Gasteiger partial charge in [-0.15, -0.1) is 11.3 Å². The molecule has 0 N–H and O–H groups in total. The SMILES string of the molecule is Cc1ccc2nc(-c3ccc(N4C(=O)CC(N(C(=O)C5CC5)C(C)c5ccccc5)C4=O)cc3)sc2c1. The number of amides is 3. The van der Waals surface area contributed by atoms with Crippen molar-refractivity contribution in [2.75, 3.05) is 4.90 Å². The van der Waals surface area contributed by atoms with Crippen molar-refractivity contribution in [3.63, 3.8) is 0 Å². The van der Waals surface area contributed by atoms with Crippen molar-refractivity contribution in [2.24, 2.45) is 5.92 Å². The molecule has 2 heterocycles. The van der Waals surface area contributed by atoms with E-state index in [-0.39, 0.29) is 36.1 Å². The average Bonchev–Trinajstić information content (AvgIpc) is 3.61. The Morgan fingerprint density at radius 1 is 1.03 bits per heavy atom. The molecular weight excluding hydrogens is 482 g/mol. The number of hydrogen-bond acceptors (Lipinski definition) is 5. The van der Waals surface area contributed by atoms with Gasteiger partial charge in [0, 0.05) is 11.5 Å². The molecule has 7 heteroatoms. The number of fused-ring (bicyclic) bond motifs is 1. The molecule has 3 amide bonds. The summed E-state index contributed by atoms with van der Waals surface area (Å²) in [4.78, 5) is 47.7. The molecule has 1 saturated carbocycles. The molecule has 2 fully saturated rings. The van der Waals surface area contributed by atoms with Crippen LogP contribution in [0.1, 0.15) is 43.4 Å². The fourth-order valence-electron chi connectivity index (χ4n) is 5.06. The van der Waals surface area contributed by atoms with Gasteiger partial charge in [-0.05, 0) is 74.2 Å². The van der Waals surface area contributed by atoms with E-state index in [0.717, 1.165) is 39.2 Å². The third kappa shape index (κ3) is 4.33. The number of imide groups is 1. The van der Waals surface area contributed by atoms with Crippen molar-refractivity contribution < 1.29 is 14.4 Å². The second kappa shape index (κ2) is 9.23. The van der Waals surface area contributed by atoms with Crippen LogP contribution in [-0.2, 0) is 14.4 Å². The van der Waals surface area contributed by atoms with Gasteiger partial charge in [-0.3, -0.25) is 14.4 Å². The Morgan fingerprint density at radius 3 is 2.46 bits per heavy atom. The van der Waals surface area contributed by atoms with Crippen LogP contribution < -0.4 is 4.90 Å². The van der Waals surface area contributed by atoms with Gasteiger partial charge < -0.3 is 4.90 Å². The Hall–Kier alpha value is -3.84. The summed E-state index contributed by atoms with van der Waals surface area (Å²) < 4.78 is 1.12. The van der Waals surface area contributed by atoms with Crippen LogP contribution in [0.2, 0.25) is 0 Å². The molecule has 2 aliphatic rings. The van der Waals surface area contributed by atoms with Gasteiger partial charge in [0.1, 0.15) is 11.0 Å². The van der Waals surface area contributed by atoms with Crippen molar-refractivity contribution in [1.82, 2.24) is 9.88 Å². The summed E-state index contributed by atoms with van der Waals surface area (Å²) in [7, 11) is 0. The van der Waals surface area contributed by atoms with Crippen molar-refractivity contribution in [3.05, 3.63) is 83.9 Å². The van der Waals surface area contributed by atoms with Gasteiger partial charge in [0.05, 0.1) is 28.4 Å². The third-order valence-electron chi connectivity index (χ3n) is 7.26. The number of anilines is 1. The lowest BCUT2D eigenvalue weighted by molar-refractivity contribution is -0.142. The minimum absolute atomic E-state index is 0.00651. The van der Waals surface area contributed by atoms with Gasteiger partial charge in [-0.2, -0.15) is 0 Å². The van der Waals surface area contributed by atoms with Gasteiger partial charge in [0.25, 0.3) is 5.91 Å². The summed E-state index contributed by atoms with van der Waals surface area (Å²) in [5, 5.41) is 0.891. The number of rotatable bonds is 6. The van der Waals surface area contributed by atoms with Crippen molar-refractivity contribution >= 4 is 45.0 Å². The quantitative estimate of drug-likeness (QED) is 0.303. The van der Waals surface area contributed by atoms with Crippen molar-refractivity contribution in [2.45, 2.75) is 45.2 Å². The van der Waals surface area contributed by atoms with E-state index in [1.165, 1.54) is 10.5 Å². The summed E-state index contributed by atoms with van der Waals surface area (Å²) in [6, 6.07) is 22.1. The van der Waals surface area contributed by atoms with Crippen LogP contribution in [0.5, 0.6) is 0 Å². The maximum atomic E-state index is 13.6. The van der Waals surface area contributed by atoms with Crippen molar-refractivity contribution in [3.8, 4) is 10.6 Å². The Labute approximate surface area is 219 Å². The van der Waals surface area contributed by atoms with E-state index < -0.39 is 6.04 Å². The largest absolute Gasteiger partial charge is 0.323 e. The molecule has 1 saturated heterocycles. The Morgan fingerprint density at radius 2 is 1.76 bits per heavy atom. The predicted octanol–water partition coefficient (Wildman–Crippen LogP) is 5.90. The molecule has 1 aliphatic heterocycles. The van der Waals surface area contributed by atoms with Crippen LogP contribution in [0.25, 0.3) is 20.8 Å². The van der Waals surface area contributed by atoms with Crippen LogP contribution in [0, 0.1) is 12.8 Å². The topological polar surface area (TPSA) is 70.6 Å². The van der Waals surface area contributed by atoms with E-state index in [2.05, 4.69) is 13.0 Å². The van der Waals surface area contributed by atoms with E-state index in [0.29, 0.717) is 5.69 Å². The van der Waals surface area contributed by atoms with E-state index in [1.807, 2.05) is 61.5 Å². The second-order valence-electron chi connectivity index (χ2n) is 9.93. The number of carbonyl (C=O) groups excluding carboxylic acids is 3. The Kier molecular flexibility index (Phi) is 5.88. The van der Waals surface area contributed by atoms with E-state index in [9.17, 15) is 14.4 Å². The highest BCUT2D eigenvalue weighted by Gasteiger charge is 2.48. The number of carbonyl (C=O) groups is 3. The number of benzene rings is 3. The maximum Gasteiger partial charge on any atom is 0.257 e. The van der Waals surface area contributed by atoms with Gasteiger partial charge in [0.2, 0.25) is 11.8 Å². The van der Waals surface area contributed by atoms with Crippen LogP contribution in [0.15, 0.2) is 72.8 Å². The molecule has 2 unspecified atom stereocenters. The lowest BCUT2D eigenvalue weighted by Gasteiger charge is -2.34. The fraction of sp³-hybridized carbons (Fsp3) is 0.267. The smallest absolute Gasteiger partial charge is 0.257 e. The molecule has 4 aromatic rings. The van der Waals surface area contributed by atoms with E-state index in [4.69, 9.17) is 4.98 Å². The van der Waals surface area contributed by atoms with Gasteiger partial charge in [-0.1, -0.05) is 36.4 Å². The van der Waals surface area contributed by atoms with Crippen LogP contribution in [0.4, 0.5) is 5.69 Å². The lowest BCUT2D eigenvalue weighted by atomic mass is 10.0. The van der Waals surface area contributed by atoms with Crippen LogP contribution in [0.3, 0.4) is 0 Å². The molecule has 6 nitrogen and oxygen atoms in total. The first-order valence-corrected chi connectivity index (χ1v) is 13.4. The summed E-state index contributed by atoms with van der Waals surface area (Å²) in [5.41, 5.74) is 4.54. The number of aromatic nitrogens is 1. The summed E-state index contributed by atoms with van der Waals surface area (Å²) >= 11 is 1.62. The monoisotopic (exact) mass is 509 g/mol. The zero-order valence-corrected chi connectivity index (χ0v) is 21.6. The zero-order chi connectivity index (χ0) is 25.7. The molecule has 2 atom stereocenters. The predicted molar refractivity (Wildman–Crippen MR) is 145 cm³/mol. The zero-order valence-electron chi connectivity index (χ0n) is 20.8. The normalized spacial score (nSPS) is 18.4. The first-order valence-electron chi connectivity index (χ1n) is 12.6.